The van der Waals surface area contributed by atoms with Gasteiger partial charge < -0.3 is 9.63 Å². The third kappa shape index (κ3) is 1.09. The molecule has 1 unspecified atom stereocenters. The molecule has 1 heterocycles. The van der Waals surface area contributed by atoms with Crippen LogP contribution in [-0.4, -0.2) is 16.2 Å². The maximum Gasteiger partial charge on any atom is 0.304 e. The van der Waals surface area contributed by atoms with E-state index in [1.165, 1.54) is 0 Å². The van der Waals surface area contributed by atoms with E-state index < -0.39 is 5.97 Å². The molecular weight excluding hydrogens is 158 g/mol. The van der Waals surface area contributed by atoms with Crippen molar-refractivity contribution in [2.24, 2.45) is 0 Å². The van der Waals surface area contributed by atoms with Crippen LogP contribution in [0.5, 0.6) is 0 Å². The van der Waals surface area contributed by atoms with Gasteiger partial charge in [0.15, 0.2) is 0 Å². The van der Waals surface area contributed by atoms with E-state index in [4.69, 9.17) is 9.63 Å². The second kappa shape index (κ2) is 2.62. The highest BCUT2D eigenvalue weighted by Crippen LogP contribution is 2.34. The highest BCUT2D eigenvalue weighted by Gasteiger charge is 2.28. The van der Waals surface area contributed by atoms with Crippen LogP contribution in [0.2, 0.25) is 0 Å². The van der Waals surface area contributed by atoms with Crippen LogP contribution >= 0.6 is 0 Å². The lowest BCUT2D eigenvalue weighted by Gasteiger charge is -2.02. The van der Waals surface area contributed by atoms with Gasteiger partial charge in [0.2, 0.25) is 0 Å². The van der Waals surface area contributed by atoms with Crippen LogP contribution in [0, 0.1) is 0 Å². The van der Waals surface area contributed by atoms with E-state index >= 15 is 0 Å². The van der Waals surface area contributed by atoms with Crippen molar-refractivity contribution in [2.45, 2.75) is 25.2 Å². The molecular formula is C8H9NO3. The fraction of sp³-hybridized carbons (Fsp3) is 0.500. The van der Waals surface area contributed by atoms with E-state index in [-0.39, 0.29) is 12.3 Å². The molecule has 0 saturated heterocycles. The number of hydrogen-bond donors (Lipinski definition) is 1. The molecule has 1 aromatic rings. The summed E-state index contributed by atoms with van der Waals surface area (Å²) in [6.07, 6.45) is 3.61. The maximum absolute atomic E-state index is 10.4. The lowest BCUT2D eigenvalue weighted by Crippen LogP contribution is -2.02. The third-order valence-corrected chi connectivity index (χ3v) is 2.23. The summed E-state index contributed by atoms with van der Waals surface area (Å²) >= 11 is 0. The molecule has 1 N–H and O–H groups in total. The standard InChI is InChI=1S/C8H9NO3/c10-7(11)3-5-1-2-6-4-9-12-8(5)6/h4-5H,1-3H2,(H,10,11). The van der Waals surface area contributed by atoms with Crippen molar-refractivity contribution in [1.29, 1.82) is 0 Å². The van der Waals surface area contributed by atoms with E-state index in [9.17, 15) is 4.79 Å². The fourth-order valence-electron chi connectivity index (χ4n) is 1.66. The minimum atomic E-state index is -0.774. The zero-order valence-electron chi connectivity index (χ0n) is 6.49. The fourth-order valence-corrected chi connectivity index (χ4v) is 1.66. The Kier molecular flexibility index (Phi) is 1.60. The SMILES string of the molecule is O=C(O)CC1CCc2cnoc21. The Morgan fingerprint density at radius 2 is 2.67 bits per heavy atom. The second-order valence-corrected chi connectivity index (χ2v) is 3.05. The highest BCUT2D eigenvalue weighted by molar-refractivity contribution is 5.68. The quantitative estimate of drug-likeness (QED) is 0.718. The Morgan fingerprint density at radius 1 is 1.83 bits per heavy atom. The molecule has 0 aromatic carbocycles. The second-order valence-electron chi connectivity index (χ2n) is 3.05. The van der Waals surface area contributed by atoms with E-state index in [1.54, 1.807) is 6.20 Å². The highest BCUT2D eigenvalue weighted by atomic mass is 16.5. The molecule has 0 spiro atoms. The smallest absolute Gasteiger partial charge is 0.304 e. The molecule has 4 nitrogen and oxygen atoms in total. The average Bonchev–Trinajstić information content (AvgIpc) is 2.52. The summed E-state index contributed by atoms with van der Waals surface area (Å²) in [6, 6.07) is 0. The minimum Gasteiger partial charge on any atom is -0.481 e. The van der Waals surface area contributed by atoms with Crippen LogP contribution in [0.15, 0.2) is 10.7 Å². The molecule has 0 saturated carbocycles. The molecule has 1 aliphatic carbocycles. The number of fused-ring (bicyclic) bond motifs is 1. The first-order chi connectivity index (χ1) is 5.77. The lowest BCUT2D eigenvalue weighted by atomic mass is 10.0. The van der Waals surface area contributed by atoms with Gasteiger partial charge in [-0.2, -0.15) is 0 Å². The molecule has 1 atom stereocenters. The van der Waals surface area contributed by atoms with Crippen LogP contribution in [0.4, 0.5) is 0 Å². The number of carbonyl (C=O) groups is 1. The summed E-state index contributed by atoms with van der Waals surface area (Å²) in [5.74, 6) is 0.0432. The van der Waals surface area contributed by atoms with Crippen molar-refractivity contribution >= 4 is 5.97 Å². The first kappa shape index (κ1) is 7.34. The molecule has 2 rings (SSSR count). The summed E-state index contributed by atoms with van der Waals surface area (Å²) in [6.45, 7) is 0. The van der Waals surface area contributed by atoms with Gasteiger partial charge >= 0.3 is 5.97 Å². The predicted octanol–water partition coefficient (Wildman–Crippen LogP) is 1.18. The van der Waals surface area contributed by atoms with E-state index in [0.29, 0.717) is 0 Å². The van der Waals surface area contributed by atoms with Gasteiger partial charge in [0.25, 0.3) is 0 Å². The molecule has 12 heavy (non-hydrogen) atoms. The monoisotopic (exact) mass is 167 g/mol. The Bertz CT molecular complexity index is 305. The number of aliphatic carboxylic acids is 1. The number of aromatic nitrogens is 1. The first-order valence-electron chi connectivity index (χ1n) is 3.92. The Morgan fingerprint density at radius 3 is 3.42 bits per heavy atom. The van der Waals surface area contributed by atoms with Crippen LogP contribution < -0.4 is 0 Å². The molecule has 0 fully saturated rings. The van der Waals surface area contributed by atoms with Gasteiger partial charge in [0.1, 0.15) is 5.76 Å². The first-order valence-corrected chi connectivity index (χ1v) is 3.92. The number of hydrogen-bond acceptors (Lipinski definition) is 3. The summed E-state index contributed by atoms with van der Waals surface area (Å²) < 4.78 is 4.98. The van der Waals surface area contributed by atoms with E-state index in [1.807, 2.05) is 0 Å². The van der Waals surface area contributed by atoms with Gasteiger partial charge in [-0.05, 0) is 12.8 Å². The third-order valence-electron chi connectivity index (χ3n) is 2.23. The average molecular weight is 167 g/mol. The summed E-state index contributed by atoms with van der Waals surface area (Å²) in [7, 11) is 0. The van der Waals surface area contributed by atoms with Crippen LogP contribution in [0.3, 0.4) is 0 Å². The van der Waals surface area contributed by atoms with Gasteiger partial charge in [-0.25, -0.2) is 0 Å². The Balaban J connectivity index is 2.17. The number of carboxylic acids is 1. The normalized spacial score (nSPS) is 20.8. The largest absolute Gasteiger partial charge is 0.481 e. The van der Waals surface area contributed by atoms with Crippen molar-refractivity contribution in [3.05, 3.63) is 17.5 Å². The number of aryl methyl sites for hydroxylation is 1. The zero-order chi connectivity index (χ0) is 8.55. The molecule has 1 aliphatic rings. The van der Waals surface area contributed by atoms with Crippen molar-refractivity contribution in [2.75, 3.05) is 0 Å². The van der Waals surface area contributed by atoms with Crippen LogP contribution in [-0.2, 0) is 11.2 Å². The molecule has 0 bridgehead atoms. The Labute approximate surface area is 69.2 Å². The van der Waals surface area contributed by atoms with Crippen molar-refractivity contribution in [3.63, 3.8) is 0 Å². The van der Waals surface area contributed by atoms with Gasteiger partial charge in [0.05, 0.1) is 12.6 Å². The number of nitrogens with zero attached hydrogens (tertiary/aromatic N) is 1. The predicted molar refractivity (Wildman–Crippen MR) is 39.8 cm³/mol. The van der Waals surface area contributed by atoms with Crippen molar-refractivity contribution < 1.29 is 14.4 Å². The van der Waals surface area contributed by atoms with Gasteiger partial charge in [-0.15, -0.1) is 0 Å². The van der Waals surface area contributed by atoms with E-state index in [0.717, 1.165) is 24.2 Å². The summed E-state index contributed by atoms with van der Waals surface area (Å²) in [4.78, 5) is 10.4. The maximum atomic E-state index is 10.4. The molecule has 0 aliphatic heterocycles. The van der Waals surface area contributed by atoms with E-state index in [2.05, 4.69) is 5.16 Å². The Hall–Kier alpha value is -1.32. The molecule has 1 aromatic heterocycles. The zero-order valence-corrected chi connectivity index (χ0v) is 6.49. The lowest BCUT2D eigenvalue weighted by molar-refractivity contribution is -0.137. The number of rotatable bonds is 2. The molecule has 64 valence electrons. The molecule has 0 radical (unpaired) electrons. The van der Waals surface area contributed by atoms with Crippen LogP contribution in [0.1, 0.15) is 30.1 Å². The van der Waals surface area contributed by atoms with Gasteiger partial charge in [-0.3, -0.25) is 4.79 Å². The summed E-state index contributed by atoms with van der Waals surface area (Å²) in [5, 5.41) is 12.2. The van der Waals surface area contributed by atoms with Crippen molar-refractivity contribution in [1.82, 2.24) is 5.16 Å². The minimum absolute atomic E-state index is 0.0417. The van der Waals surface area contributed by atoms with Gasteiger partial charge in [-0.1, -0.05) is 5.16 Å². The number of carboxylic acid groups (broad SMARTS) is 1. The molecule has 4 heteroatoms. The molecule has 0 amide bonds. The topological polar surface area (TPSA) is 63.3 Å². The van der Waals surface area contributed by atoms with Gasteiger partial charge in [0, 0.05) is 11.5 Å². The van der Waals surface area contributed by atoms with Crippen molar-refractivity contribution in [3.8, 4) is 0 Å². The summed E-state index contributed by atoms with van der Waals surface area (Å²) in [5.41, 5.74) is 1.07. The van der Waals surface area contributed by atoms with Crippen LogP contribution in [0.25, 0.3) is 0 Å².